The van der Waals surface area contributed by atoms with E-state index >= 15 is 0 Å². The van der Waals surface area contributed by atoms with Crippen LogP contribution in [0.2, 0.25) is 0 Å². The van der Waals surface area contributed by atoms with Gasteiger partial charge in [0, 0.05) is 26.7 Å². The van der Waals surface area contributed by atoms with Crippen molar-refractivity contribution in [3.8, 4) is 11.5 Å². The van der Waals surface area contributed by atoms with Crippen molar-refractivity contribution in [3.63, 3.8) is 0 Å². The number of benzene rings is 1. The van der Waals surface area contributed by atoms with Crippen LogP contribution in [0.1, 0.15) is 44.1 Å². The van der Waals surface area contributed by atoms with E-state index in [0.29, 0.717) is 19.4 Å². The Morgan fingerprint density at radius 1 is 1.16 bits per heavy atom. The summed E-state index contributed by atoms with van der Waals surface area (Å²) in [5, 5.41) is 6.65. The molecule has 0 amide bonds. The van der Waals surface area contributed by atoms with Gasteiger partial charge in [-0.2, -0.15) is 0 Å². The number of nitrogens with zero attached hydrogens (tertiary/aromatic N) is 1. The van der Waals surface area contributed by atoms with Crippen molar-refractivity contribution in [3.05, 3.63) is 23.8 Å². The Morgan fingerprint density at radius 3 is 2.84 bits per heavy atom. The quantitative estimate of drug-likeness (QED) is 0.451. The van der Waals surface area contributed by atoms with Gasteiger partial charge in [-0.25, -0.2) is 0 Å². The number of nitrogens with one attached hydrogen (secondary N) is 2. The molecule has 0 atom stereocenters. The van der Waals surface area contributed by atoms with Crippen LogP contribution in [0.5, 0.6) is 11.5 Å². The Kier molecular flexibility index (Phi) is 6.79. The second-order valence-electron chi connectivity index (χ2n) is 6.52. The predicted octanol–water partition coefficient (Wildman–Crippen LogP) is 2.82. The van der Waals surface area contributed by atoms with Gasteiger partial charge in [0.1, 0.15) is 0 Å². The second-order valence-corrected chi connectivity index (χ2v) is 6.52. The summed E-state index contributed by atoms with van der Waals surface area (Å²) >= 11 is 0. The van der Waals surface area contributed by atoms with E-state index in [1.54, 1.807) is 7.05 Å². The smallest absolute Gasteiger partial charge is 0.231 e. The molecule has 0 spiro atoms. The molecule has 2 N–H and O–H groups in total. The maximum atomic E-state index is 5.94. The molecule has 0 unspecified atom stereocenters. The maximum absolute atomic E-state index is 5.94. The lowest BCUT2D eigenvalue weighted by Crippen LogP contribution is -2.37. The largest absolute Gasteiger partial charge is 0.454 e. The maximum Gasteiger partial charge on any atom is 0.231 e. The van der Waals surface area contributed by atoms with Crippen LogP contribution in [0.15, 0.2) is 23.2 Å². The lowest BCUT2D eigenvalue weighted by atomic mass is 9.98. The third kappa shape index (κ3) is 5.53. The van der Waals surface area contributed by atoms with Crippen LogP contribution in [-0.4, -0.2) is 39.1 Å². The van der Waals surface area contributed by atoms with E-state index in [9.17, 15) is 0 Å². The first-order valence-electron chi connectivity index (χ1n) is 9.30. The first kappa shape index (κ1) is 17.9. The van der Waals surface area contributed by atoms with Crippen LogP contribution < -0.4 is 20.1 Å². The number of aliphatic imine (C=N–C) groups is 1. The van der Waals surface area contributed by atoms with Gasteiger partial charge >= 0.3 is 0 Å². The van der Waals surface area contributed by atoms with Gasteiger partial charge < -0.3 is 24.8 Å². The van der Waals surface area contributed by atoms with Gasteiger partial charge in [0.15, 0.2) is 17.5 Å². The lowest BCUT2D eigenvalue weighted by molar-refractivity contribution is 0.0277. The summed E-state index contributed by atoms with van der Waals surface area (Å²) in [6.45, 7) is 2.66. The molecule has 0 saturated heterocycles. The normalized spacial score (nSPS) is 17.6. The fourth-order valence-electron chi connectivity index (χ4n) is 3.22. The standard InChI is InChI=1S/C19H29N3O3/c1-20-19(21-10-5-11-23-16-6-3-2-4-7-16)22-13-15-8-9-17-18(12-15)25-14-24-17/h8-9,12,16H,2-7,10-11,13-14H2,1H3,(H2,20,21,22). The number of fused-ring (bicyclic) bond motifs is 1. The van der Waals surface area contributed by atoms with Gasteiger partial charge in [-0.05, 0) is 37.0 Å². The Morgan fingerprint density at radius 2 is 2.00 bits per heavy atom. The predicted molar refractivity (Wildman–Crippen MR) is 98.2 cm³/mol. The molecule has 25 heavy (non-hydrogen) atoms. The topological polar surface area (TPSA) is 64.1 Å². The minimum absolute atomic E-state index is 0.304. The van der Waals surface area contributed by atoms with Gasteiger partial charge in [0.25, 0.3) is 0 Å². The van der Waals surface area contributed by atoms with E-state index in [1.807, 2.05) is 18.2 Å². The third-order valence-corrected chi connectivity index (χ3v) is 4.64. The molecule has 1 heterocycles. The summed E-state index contributed by atoms with van der Waals surface area (Å²) in [6, 6.07) is 5.98. The van der Waals surface area contributed by atoms with Crippen LogP contribution in [0.3, 0.4) is 0 Å². The summed E-state index contributed by atoms with van der Waals surface area (Å²) in [7, 11) is 1.79. The molecule has 1 aliphatic heterocycles. The van der Waals surface area contributed by atoms with Gasteiger partial charge in [-0.3, -0.25) is 4.99 Å². The lowest BCUT2D eigenvalue weighted by Gasteiger charge is -2.22. The third-order valence-electron chi connectivity index (χ3n) is 4.64. The first-order valence-corrected chi connectivity index (χ1v) is 9.30. The Hall–Kier alpha value is -1.95. The number of guanidine groups is 1. The molecule has 1 aromatic carbocycles. The monoisotopic (exact) mass is 347 g/mol. The molecule has 0 bridgehead atoms. The summed E-state index contributed by atoms with van der Waals surface area (Å²) in [5.74, 6) is 2.42. The highest BCUT2D eigenvalue weighted by Gasteiger charge is 2.14. The molecule has 6 heteroatoms. The Balaban J connectivity index is 1.31. The van der Waals surface area contributed by atoms with E-state index in [1.165, 1.54) is 32.1 Å². The van der Waals surface area contributed by atoms with Crippen molar-refractivity contribution in [1.29, 1.82) is 0 Å². The molecule has 138 valence electrons. The van der Waals surface area contributed by atoms with Crippen LogP contribution in [0.4, 0.5) is 0 Å². The SMILES string of the molecule is CN=C(NCCCOC1CCCCC1)NCc1ccc2c(c1)OCO2. The van der Waals surface area contributed by atoms with Crippen molar-refractivity contribution in [2.45, 2.75) is 51.2 Å². The molecule has 1 fully saturated rings. The van der Waals surface area contributed by atoms with Crippen LogP contribution >= 0.6 is 0 Å². The van der Waals surface area contributed by atoms with Gasteiger partial charge in [-0.15, -0.1) is 0 Å². The average Bonchev–Trinajstić information content (AvgIpc) is 3.12. The first-order chi connectivity index (χ1) is 12.3. The molecule has 1 aromatic rings. The van der Waals surface area contributed by atoms with Crippen molar-refractivity contribution < 1.29 is 14.2 Å². The fourth-order valence-corrected chi connectivity index (χ4v) is 3.22. The van der Waals surface area contributed by atoms with E-state index < -0.39 is 0 Å². The molecule has 0 aromatic heterocycles. The highest BCUT2D eigenvalue weighted by molar-refractivity contribution is 5.79. The highest BCUT2D eigenvalue weighted by Crippen LogP contribution is 2.32. The summed E-state index contributed by atoms with van der Waals surface area (Å²) in [5.41, 5.74) is 1.13. The van der Waals surface area contributed by atoms with Crippen molar-refractivity contribution in [2.24, 2.45) is 4.99 Å². The van der Waals surface area contributed by atoms with E-state index in [0.717, 1.165) is 42.6 Å². The highest BCUT2D eigenvalue weighted by atomic mass is 16.7. The van der Waals surface area contributed by atoms with Gasteiger partial charge in [0.05, 0.1) is 6.10 Å². The van der Waals surface area contributed by atoms with Gasteiger partial charge in [-0.1, -0.05) is 25.3 Å². The zero-order valence-corrected chi connectivity index (χ0v) is 15.1. The number of rotatable bonds is 7. The zero-order chi connectivity index (χ0) is 17.3. The molecule has 6 nitrogen and oxygen atoms in total. The van der Waals surface area contributed by atoms with Crippen molar-refractivity contribution >= 4 is 5.96 Å². The molecular weight excluding hydrogens is 318 g/mol. The number of ether oxygens (including phenoxy) is 3. The van der Waals surface area contributed by atoms with Crippen molar-refractivity contribution in [1.82, 2.24) is 10.6 Å². The second kappa shape index (κ2) is 9.51. The Labute approximate surface area is 149 Å². The zero-order valence-electron chi connectivity index (χ0n) is 15.1. The average molecular weight is 347 g/mol. The molecule has 3 rings (SSSR count). The van der Waals surface area contributed by atoms with E-state index in [4.69, 9.17) is 14.2 Å². The number of hydrogen-bond donors (Lipinski definition) is 2. The molecule has 1 aliphatic carbocycles. The van der Waals surface area contributed by atoms with Gasteiger partial charge in [0.2, 0.25) is 6.79 Å². The van der Waals surface area contributed by atoms with E-state index in [2.05, 4.69) is 15.6 Å². The molecule has 0 radical (unpaired) electrons. The van der Waals surface area contributed by atoms with Crippen LogP contribution in [-0.2, 0) is 11.3 Å². The summed E-state index contributed by atoms with van der Waals surface area (Å²) in [6.07, 6.45) is 7.93. The minimum Gasteiger partial charge on any atom is -0.454 e. The number of hydrogen-bond acceptors (Lipinski definition) is 4. The summed E-state index contributed by atoms with van der Waals surface area (Å²) in [4.78, 5) is 4.26. The molecule has 1 saturated carbocycles. The molecular formula is C19H29N3O3. The summed E-state index contributed by atoms with van der Waals surface area (Å²) < 4.78 is 16.7. The minimum atomic E-state index is 0.304. The van der Waals surface area contributed by atoms with Crippen LogP contribution in [0.25, 0.3) is 0 Å². The fraction of sp³-hybridized carbons (Fsp3) is 0.632. The molecule has 2 aliphatic rings. The van der Waals surface area contributed by atoms with Crippen molar-refractivity contribution in [2.75, 3.05) is 27.0 Å². The Bertz CT molecular complexity index is 571. The van der Waals surface area contributed by atoms with Crippen LogP contribution in [0, 0.1) is 0 Å². The van der Waals surface area contributed by atoms with E-state index in [-0.39, 0.29) is 0 Å².